The number of rotatable bonds is 5. The summed E-state index contributed by atoms with van der Waals surface area (Å²) in [6.07, 6.45) is 5.94. The molecule has 0 aliphatic carbocycles. The molecule has 310 valence electrons. The predicted octanol–water partition coefficient (Wildman–Crippen LogP) is 13.9. The molecular weight excluding hydrogens is 954 g/mol. The number of benzene rings is 6. The average molecular weight is 994 g/mol. The zero-order valence-corrected chi connectivity index (χ0v) is 37.2. The summed E-state index contributed by atoms with van der Waals surface area (Å²) in [5.41, 5.74) is 8.40. The van der Waals surface area contributed by atoms with Crippen LogP contribution in [0.2, 0.25) is 0 Å². The Hall–Kier alpha value is -6.70. The van der Waals surface area contributed by atoms with Crippen LogP contribution in [0.15, 0.2) is 128 Å². The Morgan fingerprint density at radius 3 is 1.89 bits per heavy atom. The van der Waals surface area contributed by atoms with Gasteiger partial charge in [-0.1, -0.05) is 77.4 Å². The zero-order chi connectivity index (χ0) is 41.4. The van der Waals surface area contributed by atoms with Crippen molar-refractivity contribution in [2.24, 2.45) is 0 Å². The number of para-hydroxylation sites is 3. The molecule has 6 heterocycles. The molecule has 0 atom stereocenters. The molecule has 0 saturated carbocycles. The summed E-state index contributed by atoms with van der Waals surface area (Å²) in [5, 5.41) is 2.21. The largest absolute Gasteiger partial charge is 0.509 e. The van der Waals surface area contributed by atoms with E-state index in [0.717, 1.165) is 84.6 Å². The van der Waals surface area contributed by atoms with Gasteiger partial charge in [-0.05, 0) is 76.6 Å². The van der Waals surface area contributed by atoms with E-state index in [9.17, 15) is 0 Å². The van der Waals surface area contributed by atoms with E-state index >= 15 is 0 Å². The number of fused-ring (bicyclic) bond motifs is 3. The van der Waals surface area contributed by atoms with Gasteiger partial charge in [0.05, 0.1) is 0 Å². The van der Waals surface area contributed by atoms with Crippen LogP contribution in [-0.4, -0.2) is 9.55 Å². The van der Waals surface area contributed by atoms with Crippen LogP contribution in [0.4, 0.5) is 28.4 Å². The van der Waals surface area contributed by atoms with E-state index in [0.29, 0.717) is 23.0 Å². The Morgan fingerprint density at radius 1 is 0.581 bits per heavy atom. The third-order valence-corrected chi connectivity index (χ3v) is 11.8. The van der Waals surface area contributed by atoms with E-state index in [1.165, 1.54) is 5.56 Å². The molecule has 0 N–H and O–H groups in total. The van der Waals surface area contributed by atoms with Crippen molar-refractivity contribution in [3.8, 4) is 51.8 Å². The van der Waals surface area contributed by atoms with Crippen LogP contribution < -0.4 is 33.6 Å². The molecule has 0 radical (unpaired) electrons. The van der Waals surface area contributed by atoms with Crippen molar-refractivity contribution in [2.75, 3.05) is 14.7 Å². The number of nitrogens with zero attached hydrogens (tertiary/aromatic N) is 5. The van der Waals surface area contributed by atoms with Crippen molar-refractivity contribution in [1.29, 1.82) is 0 Å². The van der Waals surface area contributed by atoms with E-state index in [-0.39, 0.29) is 31.9 Å². The van der Waals surface area contributed by atoms with Gasteiger partial charge in [0.15, 0.2) is 34.5 Å². The Kier molecular flexibility index (Phi) is 8.42. The first-order valence-electron chi connectivity index (χ1n) is 20.5. The summed E-state index contributed by atoms with van der Waals surface area (Å²) in [6.45, 7) is 15.3. The van der Waals surface area contributed by atoms with E-state index in [1.807, 2.05) is 67.7 Å². The standard InChI is InChI=1S/C52H40N5O4.Pt/c1-51(2,3)31-19-20-53-47(25-31)56-39-12-8-7-11-37(39)38-18-17-35(29-40(38)56)58-36-24-32(52(4,5)6)23-33(26-36)54-21-22-55(30-54)34-27-45-50-46(28-34)61-44-16-10-14-42-49(44)57(50)48-41(59-42)13-9-15-43(48)60-45;/h7-25,27-28,30H,1-6H3;/q-3;. The number of hydrogen-bond donors (Lipinski definition) is 0. The van der Waals surface area contributed by atoms with Gasteiger partial charge in [0.1, 0.15) is 22.9 Å². The van der Waals surface area contributed by atoms with Crippen LogP contribution >= 0.6 is 0 Å². The smallest absolute Gasteiger partial charge is 0.157 e. The summed E-state index contributed by atoms with van der Waals surface area (Å²) in [6, 6.07) is 44.1. The zero-order valence-electron chi connectivity index (χ0n) is 34.9. The molecule has 9 nitrogen and oxygen atoms in total. The topological polar surface area (TPSA) is 64.5 Å². The van der Waals surface area contributed by atoms with E-state index in [1.54, 1.807) is 0 Å². The molecule has 0 bridgehead atoms. The maximum Gasteiger partial charge on any atom is 0.157 e. The Bertz CT molecular complexity index is 3120. The van der Waals surface area contributed by atoms with E-state index in [4.69, 9.17) is 23.9 Å². The van der Waals surface area contributed by atoms with Crippen LogP contribution in [0, 0.1) is 18.8 Å². The van der Waals surface area contributed by atoms with E-state index < -0.39 is 0 Å². The van der Waals surface area contributed by atoms with Crippen LogP contribution in [0.5, 0.6) is 46.0 Å². The molecule has 6 aromatic carbocycles. The minimum absolute atomic E-state index is 0. The van der Waals surface area contributed by atoms with Crippen molar-refractivity contribution in [1.82, 2.24) is 9.55 Å². The number of anilines is 5. The Labute approximate surface area is 374 Å². The molecule has 0 fully saturated rings. The maximum atomic E-state index is 6.71. The Balaban J connectivity index is 0.00000432. The number of pyridine rings is 1. The van der Waals surface area contributed by atoms with Gasteiger partial charge in [0, 0.05) is 62.1 Å². The van der Waals surface area contributed by atoms with Crippen LogP contribution in [-0.2, 0) is 31.9 Å². The SMILES string of the molecule is CC(C)(C)c1cc(Oc2[c-]c3c(cc2)c2ccccc2n3-c2cc(C(C)(C)C)ccn2)[c-]c(N2C=CN(c3cc4c5c(c3)Oc3cccc6c3N5c3c(cccc3O4)O6)[CH-]2)c1.[Pt]. The van der Waals surface area contributed by atoms with Gasteiger partial charge in [0.25, 0.3) is 0 Å². The second-order valence-electron chi connectivity index (χ2n) is 17.9. The Morgan fingerprint density at radius 2 is 1.21 bits per heavy atom. The molecule has 0 spiro atoms. The number of hydrogen-bond acceptors (Lipinski definition) is 8. The van der Waals surface area contributed by atoms with Crippen molar-refractivity contribution in [3.63, 3.8) is 0 Å². The van der Waals surface area contributed by atoms with Gasteiger partial charge in [-0.25, -0.2) is 4.98 Å². The van der Waals surface area contributed by atoms with Gasteiger partial charge in [-0.2, -0.15) is 6.07 Å². The van der Waals surface area contributed by atoms with Crippen LogP contribution in [0.25, 0.3) is 27.6 Å². The third kappa shape index (κ3) is 5.97. The predicted molar refractivity (Wildman–Crippen MR) is 240 cm³/mol. The fourth-order valence-corrected chi connectivity index (χ4v) is 8.66. The van der Waals surface area contributed by atoms with Crippen molar-refractivity contribution >= 4 is 50.2 Å². The first-order chi connectivity index (χ1) is 29.4. The fourth-order valence-electron chi connectivity index (χ4n) is 8.66. The molecule has 4 aliphatic heterocycles. The summed E-state index contributed by atoms with van der Waals surface area (Å²) < 4.78 is 28.3. The van der Waals surface area contributed by atoms with Crippen molar-refractivity contribution in [3.05, 3.63) is 158 Å². The number of ether oxygens (including phenoxy) is 4. The molecule has 0 unspecified atom stereocenters. The first kappa shape index (κ1) is 38.2. The second-order valence-corrected chi connectivity index (χ2v) is 17.9. The maximum absolute atomic E-state index is 6.71. The van der Waals surface area contributed by atoms with Crippen LogP contribution in [0.1, 0.15) is 52.7 Å². The molecule has 2 aromatic heterocycles. The van der Waals surface area contributed by atoms with Gasteiger partial charge < -0.3 is 33.3 Å². The summed E-state index contributed by atoms with van der Waals surface area (Å²) >= 11 is 0. The second kappa shape index (κ2) is 13.7. The molecule has 8 aromatic rings. The van der Waals surface area contributed by atoms with Gasteiger partial charge in [0.2, 0.25) is 0 Å². The minimum atomic E-state index is -0.170. The van der Waals surface area contributed by atoms with Crippen molar-refractivity contribution in [2.45, 2.75) is 52.4 Å². The summed E-state index contributed by atoms with van der Waals surface area (Å²) in [7, 11) is 0. The quantitative estimate of drug-likeness (QED) is 0.158. The molecule has 0 saturated heterocycles. The van der Waals surface area contributed by atoms with Crippen molar-refractivity contribution < 1.29 is 40.0 Å². The molecule has 10 heteroatoms. The van der Waals surface area contributed by atoms with Gasteiger partial charge in [-0.3, -0.25) is 4.90 Å². The summed E-state index contributed by atoms with van der Waals surface area (Å²) in [5.74, 6) is 6.36. The fraction of sp³-hybridized carbons (Fsp3) is 0.154. The van der Waals surface area contributed by atoms with E-state index in [2.05, 4.69) is 140 Å². The first-order valence-corrected chi connectivity index (χ1v) is 20.5. The van der Waals surface area contributed by atoms with Gasteiger partial charge in [-0.15, -0.1) is 53.6 Å². The third-order valence-electron chi connectivity index (χ3n) is 11.8. The summed E-state index contributed by atoms with van der Waals surface area (Å²) in [4.78, 5) is 11.2. The minimum Gasteiger partial charge on any atom is -0.509 e. The molecule has 4 aliphatic rings. The molecular formula is C52H40N5O4Pt-3. The van der Waals surface area contributed by atoms with Gasteiger partial charge >= 0.3 is 0 Å². The number of aromatic nitrogens is 2. The van der Waals surface area contributed by atoms with Crippen LogP contribution in [0.3, 0.4) is 0 Å². The monoisotopic (exact) mass is 993 g/mol. The molecule has 0 amide bonds. The normalized spacial score (nSPS) is 14.3. The molecule has 12 rings (SSSR count). The molecule has 62 heavy (non-hydrogen) atoms. The average Bonchev–Trinajstić information content (AvgIpc) is 3.87.